The molecule has 0 aliphatic carbocycles. The fourth-order valence-electron chi connectivity index (χ4n) is 1.29. The van der Waals surface area contributed by atoms with Gasteiger partial charge in [0.05, 0.1) is 6.10 Å². The van der Waals surface area contributed by atoms with Crippen LogP contribution in [0, 0.1) is 0 Å². The molecular weight excluding hydrogens is 145 g/mol. The van der Waals surface area contributed by atoms with Gasteiger partial charge >= 0.3 is 0 Å². The standard InChI is InChI=1S/C8H16FNO/c1-8(2,3)10-4-6(9)7(11)5-10/h6-7,11H,4-5H2,1-3H3. The van der Waals surface area contributed by atoms with E-state index in [0.717, 1.165) is 0 Å². The van der Waals surface area contributed by atoms with Crippen LogP contribution in [0.1, 0.15) is 20.8 Å². The van der Waals surface area contributed by atoms with E-state index in [1.54, 1.807) is 0 Å². The minimum Gasteiger partial charge on any atom is -0.389 e. The van der Waals surface area contributed by atoms with E-state index in [4.69, 9.17) is 5.11 Å². The molecule has 1 saturated heterocycles. The van der Waals surface area contributed by atoms with Gasteiger partial charge in [0.15, 0.2) is 0 Å². The molecule has 2 atom stereocenters. The number of rotatable bonds is 0. The Hall–Kier alpha value is -0.150. The zero-order valence-electron chi connectivity index (χ0n) is 7.34. The number of halogens is 1. The van der Waals surface area contributed by atoms with Crippen molar-refractivity contribution in [2.24, 2.45) is 0 Å². The predicted octanol–water partition coefficient (Wildman–Crippen LogP) is 0.800. The minimum absolute atomic E-state index is 0.0260. The van der Waals surface area contributed by atoms with Gasteiger partial charge in [-0.3, -0.25) is 4.90 Å². The molecule has 2 unspecified atom stereocenters. The number of likely N-dealkylation sites (tertiary alicyclic amines) is 1. The maximum atomic E-state index is 12.8. The first kappa shape index (κ1) is 8.94. The van der Waals surface area contributed by atoms with Gasteiger partial charge in [0.25, 0.3) is 0 Å². The summed E-state index contributed by atoms with van der Waals surface area (Å²) < 4.78 is 12.8. The number of hydrogen-bond acceptors (Lipinski definition) is 2. The maximum absolute atomic E-state index is 12.8. The molecule has 0 radical (unpaired) electrons. The molecule has 0 aromatic carbocycles. The average molecular weight is 161 g/mol. The maximum Gasteiger partial charge on any atom is 0.140 e. The Balaban J connectivity index is 2.54. The highest BCUT2D eigenvalue weighted by Gasteiger charge is 2.36. The first-order valence-electron chi connectivity index (χ1n) is 3.98. The molecule has 1 fully saturated rings. The normalized spacial score (nSPS) is 34.6. The van der Waals surface area contributed by atoms with Crippen molar-refractivity contribution < 1.29 is 9.50 Å². The Kier molecular flexibility index (Phi) is 2.21. The molecule has 0 aromatic rings. The van der Waals surface area contributed by atoms with E-state index < -0.39 is 12.3 Å². The topological polar surface area (TPSA) is 23.5 Å². The number of β-amino-alcohol motifs (C(OH)–C–C–N with tert-alkyl or cyclic N) is 1. The van der Waals surface area contributed by atoms with Crippen LogP contribution in [0.15, 0.2) is 0 Å². The molecule has 1 rings (SSSR count). The van der Waals surface area contributed by atoms with Crippen molar-refractivity contribution in [3.63, 3.8) is 0 Å². The van der Waals surface area contributed by atoms with Gasteiger partial charge in [-0.1, -0.05) is 0 Å². The fourth-order valence-corrected chi connectivity index (χ4v) is 1.29. The quantitative estimate of drug-likeness (QED) is 0.568. The molecule has 0 spiro atoms. The lowest BCUT2D eigenvalue weighted by Crippen LogP contribution is -2.40. The zero-order valence-corrected chi connectivity index (χ0v) is 7.34. The summed E-state index contributed by atoms with van der Waals surface area (Å²) in [4.78, 5) is 1.96. The summed E-state index contributed by atoms with van der Waals surface area (Å²) in [6.07, 6.45) is -1.84. The SMILES string of the molecule is CC(C)(C)N1CC(O)C(F)C1. The molecule has 2 nitrogen and oxygen atoms in total. The summed E-state index contributed by atoms with van der Waals surface area (Å²) in [6.45, 7) is 6.91. The number of nitrogens with zero attached hydrogens (tertiary/aromatic N) is 1. The summed E-state index contributed by atoms with van der Waals surface area (Å²) in [5, 5.41) is 9.11. The van der Waals surface area contributed by atoms with Crippen LogP contribution >= 0.6 is 0 Å². The van der Waals surface area contributed by atoms with Crippen LogP contribution in [0.5, 0.6) is 0 Å². The van der Waals surface area contributed by atoms with Crippen LogP contribution < -0.4 is 0 Å². The lowest BCUT2D eigenvalue weighted by molar-refractivity contribution is 0.109. The Bertz CT molecular complexity index is 134. The van der Waals surface area contributed by atoms with Crippen molar-refractivity contribution in [3.05, 3.63) is 0 Å². The summed E-state index contributed by atoms with van der Waals surface area (Å²) in [5.41, 5.74) is -0.0260. The summed E-state index contributed by atoms with van der Waals surface area (Å²) in [5.74, 6) is 0. The van der Waals surface area contributed by atoms with E-state index in [-0.39, 0.29) is 5.54 Å². The molecule has 0 saturated carbocycles. The highest BCUT2D eigenvalue weighted by atomic mass is 19.1. The Labute approximate surface area is 67.0 Å². The largest absolute Gasteiger partial charge is 0.389 e. The van der Waals surface area contributed by atoms with Gasteiger partial charge < -0.3 is 5.11 Å². The number of aliphatic hydroxyl groups excluding tert-OH is 1. The van der Waals surface area contributed by atoms with Crippen molar-refractivity contribution in [2.75, 3.05) is 13.1 Å². The van der Waals surface area contributed by atoms with Crippen molar-refractivity contribution in [3.8, 4) is 0 Å². The molecule has 0 aromatic heterocycles. The zero-order chi connectivity index (χ0) is 8.65. The number of hydrogen-bond donors (Lipinski definition) is 1. The predicted molar refractivity (Wildman–Crippen MR) is 42.2 cm³/mol. The van der Waals surface area contributed by atoms with E-state index >= 15 is 0 Å². The smallest absolute Gasteiger partial charge is 0.140 e. The third-order valence-corrected chi connectivity index (χ3v) is 2.17. The fraction of sp³-hybridized carbons (Fsp3) is 1.00. The first-order chi connectivity index (χ1) is 4.91. The second kappa shape index (κ2) is 2.72. The summed E-state index contributed by atoms with van der Waals surface area (Å²) in [7, 11) is 0. The monoisotopic (exact) mass is 161 g/mol. The molecule has 66 valence electrons. The average Bonchev–Trinajstić information content (AvgIpc) is 2.11. The molecule has 1 heterocycles. The highest BCUT2D eigenvalue weighted by molar-refractivity contribution is 4.90. The number of aliphatic hydroxyl groups is 1. The van der Waals surface area contributed by atoms with E-state index in [0.29, 0.717) is 13.1 Å². The first-order valence-corrected chi connectivity index (χ1v) is 3.98. The van der Waals surface area contributed by atoms with Gasteiger partial charge in [-0.2, -0.15) is 0 Å². The van der Waals surface area contributed by atoms with Gasteiger partial charge in [-0.05, 0) is 20.8 Å². The van der Waals surface area contributed by atoms with Crippen molar-refractivity contribution >= 4 is 0 Å². The summed E-state index contributed by atoms with van der Waals surface area (Å²) >= 11 is 0. The molecule has 0 amide bonds. The second-order valence-electron chi connectivity index (χ2n) is 4.16. The third kappa shape index (κ3) is 1.91. The van der Waals surface area contributed by atoms with Crippen molar-refractivity contribution in [2.45, 2.75) is 38.6 Å². The molecular formula is C8H16FNO. The molecule has 1 N–H and O–H groups in total. The number of alkyl halides is 1. The van der Waals surface area contributed by atoms with Gasteiger partial charge in [-0.15, -0.1) is 0 Å². The molecule has 0 bridgehead atoms. The van der Waals surface area contributed by atoms with Crippen LogP contribution in [0.4, 0.5) is 4.39 Å². The van der Waals surface area contributed by atoms with Crippen molar-refractivity contribution in [1.29, 1.82) is 0 Å². The second-order valence-corrected chi connectivity index (χ2v) is 4.16. The lowest BCUT2D eigenvalue weighted by atomic mass is 10.1. The molecule has 11 heavy (non-hydrogen) atoms. The molecule has 1 aliphatic rings. The Morgan fingerprint density at radius 3 is 2.09 bits per heavy atom. The van der Waals surface area contributed by atoms with Crippen LogP contribution in [0.3, 0.4) is 0 Å². The van der Waals surface area contributed by atoms with Gasteiger partial charge in [0.2, 0.25) is 0 Å². The third-order valence-electron chi connectivity index (χ3n) is 2.17. The van der Waals surface area contributed by atoms with E-state index in [2.05, 4.69) is 0 Å². The van der Waals surface area contributed by atoms with Crippen LogP contribution in [0.2, 0.25) is 0 Å². The Morgan fingerprint density at radius 2 is 1.91 bits per heavy atom. The van der Waals surface area contributed by atoms with E-state index in [1.165, 1.54) is 0 Å². The van der Waals surface area contributed by atoms with E-state index in [1.807, 2.05) is 25.7 Å². The molecule has 3 heteroatoms. The lowest BCUT2D eigenvalue weighted by Gasteiger charge is -2.30. The minimum atomic E-state index is -1.06. The molecule has 1 aliphatic heterocycles. The Morgan fingerprint density at radius 1 is 1.36 bits per heavy atom. The van der Waals surface area contributed by atoms with Crippen LogP contribution in [-0.4, -0.2) is 40.9 Å². The van der Waals surface area contributed by atoms with Gasteiger partial charge in [0, 0.05) is 18.6 Å². The highest BCUT2D eigenvalue weighted by Crippen LogP contribution is 2.22. The van der Waals surface area contributed by atoms with Crippen LogP contribution in [0.25, 0.3) is 0 Å². The van der Waals surface area contributed by atoms with E-state index in [9.17, 15) is 4.39 Å². The van der Waals surface area contributed by atoms with Crippen molar-refractivity contribution in [1.82, 2.24) is 4.90 Å². The van der Waals surface area contributed by atoms with Gasteiger partial charge in [0.1, 0.15) is 6.17 Å². The summed E-state index contributed by atoms with van der Waals surface area (Å²) in [6, 6.07) is 0. The van der Waals surface area contributed by atoms with Gasteiger partial charge in [-0.25, -0.2) is 4.39 Å². The van der Waals surface area contributed by atoms with Crippen LogP contribution in [-0.2, 0) is 0 Å².